The smallest absolute Gasteiger partial charge is 0.141 e. The molecule has 0 unspecified atom stereocenters. The molecule has 0 amide bonds. The summed E-state index contributed by atoms with van der Waals surface area (Å²) in [6.45, 7) is 0.706. The lowest BCUT2D eigenvalue weighted by Crippen LogP contribution is -2.01. The van der Waals surface area contributed by atoms with Gasteiger partial charge in [0.1, 0.15) is 5.75 Å². The second-order valence-electron chi connectivity index (χ2n) is 3.79. The van der Waals surface area contributed by atoms with E-state index in [9.17, 15) is 0 Å². The number of methoxy groups -OCH3 is 1. The molecule has 0 atom stereocenters. The second-order valence-corrected chi connectivity index (χ2v) is 5.08. The standard InChI is InChI=1S/C14H13BrClNO/c1-18-14-5-3-2-4-13(14)17-9-10-6-7-11(16)8-12(10)15/h2-8,17H,9H2,1H3. The van der Waals surface area contributed by atoms with Crippen LogP contribution in [0.2, 0.25) is 5.02 Å². The van der Waals surface area contributed by atoms with Crippen LogP contribution in [-0.2, 0) is 6.54 Å². The molecule has 0 spiro atoms. The first-order valence-electron chi connectivity index (χ1n) is 5.51. The van der Waals surface area contributed by atoms with Crippen molar-refractivity contribution in [2.24, 2.45) is 0 Å². The van der Waals surface area contributed by atoms with E-state index < -0.39 is 0 Å². The molecule has 2 nitrogen and oxygen atoms in total. The number of nitrogens with one attached hydrogen (secondary N) is 1. The number of hydrogen-bond donors (Lipinski definition) is 1. The minimum absolute atomic E-state index is 0.706. The molecule has 0 aliphatic carbocycles. The number of halogens is 2. The van der Waals surface area contributed by atoms with Gasteiger partial charge in [0.25, 0.3) is 0 Å². The summed E-state index contributed by atoms with van der Waals surface area (Å²) in [5.41, 5.74) is 2.12. The van der Waals surface area contributed by atoms with E-state index in [0.29, 0.717) is 6.54 Å². The molecule has 4 heteroatoms. The largest absolute Gasteiger partial charge is 0.495 e. The van der Waals surface area contributed by atoms with Crippen LogP contribution < -0.4 is 10.1 Å². The maximum atomic E-state index is 5.91. The molecule has 94 valence electrons. The molecule has 2 aromatic carbocycles. The Morgan fingerprint density at radius 2 is 2.00 bits per heavy atom. The molecule has 0 saturated carbocycles. The fourth-order valence-corrected chi connectivity index (χ4v) is 2.47. The number of rotatable bonds is 4. The summed E-state index contributed by atoms with van der Waals surface area (Å²) in [4.78, 5) is 0. The Morgan fingerprint density at radius 3 is 2.72 bits per heavy atom. The van der Waals surface area contributed by atoms with Crippen LogP contribution in [0.4, 0.5) is 5.69 Å². The molecule has 0 saturated heterocycles. The highest BCUT2D eigenvalue weighted by molar-refractivity contribution is 9.10. The van der Waals surface area contributed by atoms with Gasteiger partial charge in [-0.1, -0.05) is 45.7 Å². The summed E-state index contributed by atoms with van der Waals surface area (Å²) in [6.07, 6.45) is 0. The molecule has 18 heavy (non-hydrogen) atoms. The molecule has 0 radical (unpaired) electrons. The lowest BCUT2D eigenvalue weighted by molar-refractivity contribution is 0.416. The van der Waals surface area contributed by atoms with Crippen LogP contribution in [0.25, 0.3) is 0 Å². The third kappa shape index (κ3) is 3.18. The zero-order chi connectivity index (χ0) is 13.0. The SMILES string of the molecule is COc1ccccc1NCc1ccc(Cl)cc1Br. The van der Waals surface area contributed by atoms with Gasteiger partial charge in [-0.3, -0.25) is 0 Å². The quantitative estimate of drug-likeness (QED) is 0.877. The Kier molecular flexibility index (Phi) is 4.50. The molecule has 0 bridgehead atoms. The highest BCUT2D eigenvalue weighted by atomic mass is 79.9. The van der Waals surface area contributed by atoms with Gasteiger partial charge in [-0.15, -0.1) is 0 Å². The van der Waals surface area contributed by atoms with Crippen molar-refractivity contribution in [1.29, 1.82) is 0 Å². The van der Waals surface area contributed by atoms with Gasteiger partial charge >= 0.3 is 0 Å². The normalized spacial score (nSPS) is 10.2. The van der Waals surface area contributed by atoms with Gasteiger partial charge in [-0.05, 0) is 29.8 Å². The summed E-state index contributed by atoms with van der Waals surface area (Å²) in [5.74, 6) is 0.836. The van der Waals surface area contributed by atoms with Crippen molar-refractivity contribution < 1.29 is 4.74 Å². The zero-order valence-electron chi connectivity index (χ0n) is 9.91. The third-order valence-electron chi connectivity index (χ3n) is 2.59. The summed E-state index contributed by atoms with van der Waals surface area (Å²) in [5, 5.41) is 4.07. The molecule has 2 rings (SSSR count). The molecule has 1 N–H and O–H groups in total. The summed E-state index contributed by atoms with van der Waals surface area (Å²) in [6, 6.07) is 13.6. The first kappa shape index (κ1) is 13.2. The van der Waals surface area contributed by atoms with E-state index >= 15 is 0 Å². The highest BCUT2D eigenvalue weighted by Crippen LogP contribution is 2.26. The van der Waals surface area contributed by atoms with E-state index in [0.717, 1.165) is 26.5 Å². The second kappa shape index (κ2) is 6.12. The topological polar surface area (TPSA) is 21.3 Å². The minimum Gasteiger partial charge on any atom is -0.495 e. The van der Waals surface area contributed by atoms with Crippen LogP contribution in [0.3, 0.4) is 0 Å². The van der Waals surface area contributed by atoms with Gasteiger partial charge < -0.3 is 10.1 Å². The Balaban J connectivity index is 2.11. The lowest BCUT2D eigenvalue weighted by Gasteiger charge is -2.11. The minimum atomic E-state index is 0.706. The molecule has 2 aromatic rings. The van der Waals surface area contributed by atoms with E-state index in [1.54, 1.807) is 7.11 Å². The molecule has 0 aliphatic heterocycles. The number of anilines is 1. The first-order chi connectivity index (χ1) is 8.70. The number of benzene rings is 2. The van der Waals surface area contributed by atoms with Crippen LogP contribution >= 0.6 is 27.5 Å². The molecule has 0 aliphatic rings. The van der Waals surface area contributed by atoms with E-state index in [1.807, 2.05) is 42.5 Å². The van der Waals surface area contributed by atoms with Gasteiger partial charge in [0, 0.05) is 16.0 Å². The van der Waals surface area contributed by atoms with Gasteiger partial charge in [-0.2, -0.15) is 0 Å². The van der Waals surface area contributed by atoms with Crippen LogP contribution in [0.1, 0.15) is 5.56 Å². The maximum Gasteiger partial charge on any atom is 0.141 e. The van der Waals surface area contributed by atoms with Crippen molar-refractivity contribution in [2.75, 3.05) is 12.4 Å². The Morgan fingerprint density at radius 1 is 1.22 bits per heavy atom. The summed E-state index contributed by atoms with van der Waals surface area (Å²) < 4.78 is 6.29. The predicted octanol–water partition coefficient (Wildman–Crippen LogP) is 4.72. The van der Waals surface area contributed by atoms with Crippen molar-refractivity contribution >= 4 is 33.2 Å². The molecule has 0 fully saturated rings. The van der Waals surface area contributed by atoms with Gasteiger partial charge in [0.05, 0.1) is 12.8 Å². The molecule has 0 heterocycles. The van der Waals surface area contributed by atoms with E-state index in [4.69, 9.17) is 16.3 Å². The highest BCUT2D eigenvalue weighted by Gasteiger charge is 2.03. The fraction of sp³-hybridized carbons (Fsp3) is 0.143. The number of hydrogen-bond acceptors (Lipinski definition) is 2. The third-order valence-corrected chi connectivity index (χ3v) is 3.56. The zero-order valence-corrected chi connectivity index (χ0v) is 12.3. The molecular formula is C14H13BrClNO. The molecule has 0 aromatic heterocycles. The lowest BCUT2D eigenvalue weighted by atomic mass is 10.2. The summed E-state index contributed by atoms with van der Waals surface area (Å²) >= 11 is 9.41. The van der Waals surface area contributed by atoms with Gasteiger partial charge in [0.15, 0.2) is 0 Å². The van der Waals surface area contributed by atoms with E-state index in [1.165, 1.54) is 0 Å². The van der Waals surface area contributed by atoms with Crippen molar-refractivity contribution in [3.8, 4) is 5.75 Å². The van der Waals surface area contributed by atoms with Gasteiger partial charge in [-0.25, -0.2) is 0 Å². The molecular weight excluding hydrogens is 314 g/mol. The van der Waals surface area contributed by atoms with Crippen LogP contribution in [0.15, 0.2) is 46.9 Å². The van der Waals surface area contributed by atoms with E-state index in [2.05, 4.69) is 21.2 Å². The van der Waals surface area contributed by atoms with Crippen molar-refractivity contribution in [3.63, 3.8) is 0 Å². The predicted molar refractivity (Wildman–Crippen MR) is 79.5 cm³/mol. The first-order valence-corrected chi connectivity index (χ1v) is 6.68. The van der Waals surface area contributed by atoms with Crippen molar-refractivity contribution in [1.82, 2.24) is 0 Å². The maximum absolute atomic E-state index is 5.91. The van der Waals surface area contributed by atoms with Crippen LogP contribution in [0, 0.1) is 0 Å². The van der Waals surface area contributed by atoms with E-state index in [-0.39, 0.29) is 0 Å². The summed E-state index contributed by atoms with van der Waals surface area (Å²) in [7, 11) is 1.67. The fourth-order valence-electron chi connectivity index (χ4n) is 1.65. The van der Waals surface area contributed by atoms with Crippen LogP contribution in [-0.4, -0.2) is 7.11 Å². The Bertz CT molecular complexity index is 545. The average molecular weight is 327 g/mol. The van der Waals surface area contributed by atoms with Crippen molar-refractivity contribution in [2.45, 2.75) is 6.54 Å². The Hall–Kier alpha value is -1.19. The number of ether oxygens (including phenoxy) is 1. The average Bonchev–Trinajstić information content (AvgIpc) is 2.38. The van der Waals surface area contributed by atoms with Crippen molar-refractivity contribution in [3.05, 3.63) is 57.5 Å². The monoisotopic (exact) mass is 325 g/mol. The Labute approximate surface area is 120 Å². The van der Waals surface area contributed by atoms with Gasteiger partial charge in [0.2, 0.25) is 0 Å². The number of para-hydroxylation sites is 2. The van der Waals surface area contributed by atoms with Crippen LogP contribution in [0.5, 0.6) is 5.75 Å².